The van der Waals surface area contributed by atoms with Gasteiger partial charge in [0.1, 0.15) is 5.82 Å². The van der Waals surface area contributed by atoms with Gasteiger partial charge in [0.25, 0.3) is 0 Å². The van der Waals surface area contributed by atoms with Crippen molar-refractivity contribution < 1.29 is 9.90 Å². The summed E-state index contributed by atoms with van der Waals surface area (Å²) in [7, 11) is 0. The van der Waals surface area contributed by atoms with Crippen LogP contribution in [-0.4, -0.2) is 20.6 Å². The second-order valence-corrected chi connectivity index (χ2v) is 7.06. The van der Waals surface area contributed by atoms with Crippen LogP contribution in [0.25, 0.3) is 11.0 Å². The number of fused-ring (bicyclic) bond motifs is 1. The molecule has 1 heterocycles. The average molecular weight is 370 g/mol. The lowest BCUT2D eigenvalue weighted by atomic mass is 10.0. The van der Waals surface area contributed by atoms with E-state index in [1.54, 1.807) is 18.2 Å². The summed E-state index contributed by atoms with van der Waals surface area (Å²) in [5.74, 6) is -0.0410. The first kappa shape index (κ1) is 18.0. The highest BCUT2D eigenvalue weighted by atomic mass is 16.4. The lowest BCUT2D eigenvalue weighted by molar-refractivity contribution is 0.0697. The first-order valence-electron chi connectivity index (χ1n) is 9.42. The molecule has 0 unspecified atom stereocenters. The van der Waals surface area contributed by atoms with E-state index in [0.717, 1.165) is 29.7 Å². The summed E-state index contributed by atoms with van der Waals surface area (Å²) in [6.45, 7) is 2.62. The summed E-state index contributed by atoms with van der Waals surface area (Å²) in [5.41, 5.74) is 5.79. The molecule has 0 spiro atoms. The Kier molecular flexibility index (Phi) is 4.94. The lowest BCUT2D eigenvalue weighted by Gasteiger charge is -2.09. The highest BCUT2D eigenvalue weighted by Gasteiger charge is 2.11. The van der Waals surface area contributed by atoms with Crippen LogP contribution in [0.15, 0.2) is 72.8 Å². The normalized spacial score (nSPS) is 11.0. The highest BCUT2D eigenvalue weighted by Crippen LogP contribution is 2.20. The van der Waals surface area contributed by atoms with Crippen LogP contribution in [0, 0.1) is 6.92 Å². The molecule has 4 heteroatoms. The Balaban J connectivity index is 1.52. The van der Waals surface area contributed by atoms with Crippen molar-refractivity contribution in [1.29, 1.82) is 0 Å². The molecule has 0 atom stereocenters. The van der Waals surface area contributed by atoms with Crippen LogP contribution >= 0.6 is 0 Å². The van der Waals surface area contributed by atoms with Crippen LogP contribution in [0.5, 0.6) is 0 Å². The van der Waals surface area contributed by atoms with Gasteiger partial charge in [-0.3, -0.25) is 0 Å². The third-order valence-corrected chi connectivity index (χ3v) is 5.09. The second kappa shape index (κ2) is 7.69. The third-order valence-electron chi connectivity index (χ3n) is 5.09. The number of aromatic carboxylic acids is 1. The van der Waals surface area contributed by atoms with Crippen molar-refractivity contribution in [2.45, 2.75) is 26.3 Å². The van der Waals surface area contributed by atoms with Gasteiger partial charge < -0.3 is 9.67 Å². The minimum Gasteiger partial charge on any atom is -0.478 e. The molecular formula is C24H22N2O2. The van der Waals surface area contributed by atoms with E-state index in [4.69, 9.17) is 0 Å². The van der Waals surface area contributed by atoms with Gasteiger partial charge in [-0.05, 0) is 54.7 Å². The van der Waals surface area contributed by atoms with Crippen molar-refractivity contribution in [3.05, 3.63) is 101 Å². The fraction of sp³-hybridized carbons (Fsp3) is 0.167. The Bertz CT molecular complexity index is 1110. The number of imidazole rings is 1. The Hall–Kier alpha value is -3.40. The van der Waals surface area contributed by atoms with Crippen molar-refractivity contribution in [2.75, 3.05) is 0 Å². The molecule has 4 nitrogen and oxygen atoms in total. The predicted octanol–water partition coefficient (Wildman–Crippen LogP) is 4.88. The summed E-state index contributed by atoms with van der Waals surface area (Å²) in [6, 6.07) is 24.2. The maximum absolute atomic E-state index is 11.3. The molecule has 0 radical (unpaired) electrons. The molecule has 0 amide bonds. The zero-order valence-electron chi connectivity index (χ0n) is 15.8. The Morgan fingerprint density at radius 1 is 0.893 bits per heavy atom. The molecule has 28 heavy (non-hydrogen) atoms. The molecule has 0 bridgehead atoms. The summed E-state index contributed by atoms with van der Waals surface area (Å²) in [4.78, 5) is 15.9. The molecule has 0 aliphatic rings. The van der Waals surface area contributed by atoms with E-state index in [1.165, 1.54) is 16.7 Å². The number of hydrogen-bond acceptors (Lipinski definition) is 2. The van der Waals surface area contributed by atoms with Gasteiger partial charge in [0.2, 0.25) is 0 Å². The van der Waals surface area contributed by atoms with Crippen LogP contribution in [0.4, 0.5) is 0 Å². The zero-order valence-corrected chi connectivity index (χ0v) is 15.8. The van der Waals surface area contributed by atoms with E-state index in [2.05, 4.69) is 58.1 Å². The number of carboxylic acids is 1. The molecular weight excluding hydrogens is 348 g/mol. The molecule has 0 aliphatic carbocycles. The fourth-order valence-electron chi connectivity index (χ4n) is 3.50. The Morgan fingerprint density at radius 2 is 1.54 bits per heavy atom. The van der Waals surface area contributed by atoms with Gasteiger partial charge in [0, 0.05) is 6.54 Å². The molecule has 1 aromatic heterocycles. The van der Waals surface area contributed by atoms with Crippen LogP contribution in [-0.2, 0) is 19.4 Å². The number of hydrogen-bond donors (Lipinski definition) is 1. The molecule has 3 aromatic carbocycles. The monoisotopic (exact) mass is 370 g/mol. The number of carbonyl (C=O) groups is 1. The summed E-state index contributed by atoms with van der Waals surface area (Å²) in [6.07, 6.45) is 2.04. The van der Waals surface area contributed by atoms with Crippen LogP contribution in [0.1, 0.15) is 32.9 Å². The van der Waals surface area contributed by atoms with E-state index in [-0.39, 0.29) is 5.56 Å². The number of benzene rings is 3. The summed E-state index contributed by atoms with van der Waals surface area (Å²) < 4.78 is 2.07. The van der Waals surface area contributed by atoms with Crippen LogP contribution in [0.3, 0.4) is 0 Å². The smallest absolute Gasteiger partial charge is 0.335 e. The molecule has 4 rings (SSSR count). The summed E-state index contributed by atoms with van der Waals surface area (Å²) >= 11 is 0. The molecule has 4 aromatic rings. The first-order chi connectivity index (χ1) is 13.6. The molecule has 0 fully saturated rings. The van der Waals surface area contributed by atoms with Gasteiger partial charge in [0.15, 0.2) is 0 Å². The van der Waals surface area contributed by atoms with Crippen LogP contribution in [0.2, 0.25) is 0 Å². The fourth-order valence-corrected chi connectivity index (χ4v) is 3.50. The average Bonchev–Trinajstić information content (AvgIpc) is 3.02. The predicted molar refractivity (Wildman–Crippen MR) is 111 cm³/mol. The maximum Gasteiger partial charge on any atom is 0.335 e. The zero-order chi connectivity index (χ0) is 19.5. The Labute approximate surface area is 164 Å². The van der Waals surface area contributed by atoms with Gasteiger partial charge in [-0.2, -0.15) is 0 Å². The molecule has 1 N–H and O–H groups in total. The van der Waals surface area contributed by atoms with Gasteiger partial charge in [0.05, 0.1) is 16.6 Å². The molecule has 0 saturated carbocycles. The topological polar surface area (TPSA) is 55.1 Å². The first-order valence-corrected chi connectivity index (χ1v) is 9.42. The molecule has 0 saturated heterocycles. The van der Waals surface area contributed by atoms with Gasteiger partial charge >= 0.3 is 5.97 Å². The maximum atomic E-state index is 11.3. The van der Waals surface area contributed by atoms with Crippen molar-refractivity contribution in [3.8, 4) is 0 Å². The van der Waals surface area contributed by atoms with Crippen molar-refractivity contribution >= 4 is 17.0 Å². The van der Waals surface area contributed by atoms with E-state index < -0.39 is 5.97 Å². The van der Waals surface area contributed by atoms with E-state index >= 15 is 0 Å². The number of aryl methyl sites for hydroxylation is 3. The molecule has 0 aliphatic heterocycles. The van der Waals surface area contributed by atoms with E-state index in [0.29, 0.717) is 6.54 Å². The number of rotatable bonds is 6. The van der Waals surface area contributed by atoms with Crippen molar-refractivity contribution in [2.24, 2.45) is 0 Å². The van der Waals surface area contributed by atoms with E-state index in [9.17, 15) is 9.90 Å². The number of aromatic nitrogens is 2. The molecule has 140 valence electrons. The summed E-state index contributed by atoms with van der Waals surface area (Å²) in [5, 5.41) is 9.27. The quantitative estimate of drug-likeness (QED) is 0.526. The van der Waals surface area contributed by atoms with Crippen molar-refractivity contribution in [3.63, 3.8) is 0 Å². The third kappa shape index (κ3) is 3.81. The van der Waals surface area contributed by atoms with Gasteiger partial charge in [-0.1, -0.05) is 54.6 Å². The van der Waals surface area contributed by atoms with E-state index in [1.807, 2.05) is 13.0 Å². The van der Waals surface area contributed by atoms with Crippen LogP contribution < -0.4 is 0 Å². The largest absolute Gasteiger partial charge is 0.478 e. The second-order valence-electron chi connectivity index (χ2n) is 7.06. The SMILES string of the molecule is Cc1nc2ccc(C(=O)O)cc2n1Cc1ccc(CCc2ccccc2)cc1. The number of nitrogens with zero attached hydrogens (tertiary/aromatic N) is 2. The van der Waals surface area contributed by atoms with Crippen molar-refractivity contribution in [1.82, 2.24) is 9.55 Å². The van der Waals surface area contributed by atoms with Gasteiger partial charge in [-0.25, -0.2) is 9.78 Å². The minimum absolute atomic E-state index is 0.282. The minimum atomic E-state index is -0.921. The highest BCUT2D eigenvalue weighted by molar-refractivity contribution is 5.92. The van der Waals surface area contributed by atoms with Gasteiger partial charge in [-0.15, -0.1) is 0 Å². The lowest BCUT2D eigenvalue weighted by Crippen LogP contribution is -2.03. The number of carboxylic acid groups (broad SMARTS) is 1. The standard InChI is InChI=1S/C24H22N2O2/c1-17-25-22-14-13-21(24(27)28)15-23(22)26(17)16-20-11-9-19(10-12-20)8-7-18-5-3-2-4-6-18/h2-6,9-15H,7-8,16H2,1H3,(H,27,28). The Morgan fingerprint density at radius 3 is 2.21 bits per heavy atom.